The molecule has 0 spiro atoms. The molecule has 0 N–H and O–H groups in total. The Morgan fingerprint density at radius 3 is 0.875 bits per heavy atom. The predicted octanol–water partition coefficient (Wildman–Crippen LogP) is 9.10. The molecule has 48 heavy (non-hydrogen) atoms. The number of anilines is 2. The van der Waals surface area contributed by atoms with Gasteiger partial charge < -0.3 is 18.9 Å². The van der Waals surface area contributed by atoms with E-state index in [1.165, 1.54) is 0 Å². The molecule has 9 nitrogen and oxygen atoms in total. The summed E-state index contributed by atoms with van der Waals surface area (Å²) in [6, 6.07) is 15.2. The van der Waals surface area contributed by atoms with Crippen molar-refractivity contribution >= 4 is 40.5 Å². The van der Waals surface area contributed by atoms with E-state index in [0.717, 1.165) is 67.4 Å². The highest BCUT2D eigenvalue weighted by molar-refractivity contribution is 6.64. The molecule has 0 atom stereocenters. The lowest BCUT2D eigenvalue weighted by Gasteiger charge is -2.23. The number of aliphatic imine (C=N–C) groups is 2. The topological polar surface area (TPSA) is 85.2 Å². The van der Waals surface area contributed by atoms with Crippen LogP contribution >= 0.6 is 0 Å². The predicted molar refractivity (Wildman–Crippen MR) is 194 cm³/mol. The van der Waals surface area contributed by atoms with Gasteiger partial charge >= 0.3 is 6.03 Å². The molecule has 0 bridgehead atoms. The number of rotatable bonds is 8. The zero-order valence-electron chi connectivity index (χ0n) is 29.9. The van der Waals surface area contributed by atoms with Crippen LogP contribution in [0.1, 0.15) is 44.5 Å². The first kappa shape index (κ1) is 34.0. The Balaban J connectivity index is 1.93. The smallest absolute Gasteiger partial charge is 0.340 e. The Hall–Kier alpha value is -5.31. The number of amides is 2. The highest BCUT2D eigenvalue weighted by Crippen LogP contribution is 2.41. The van der Waals surface area contributed by atoms with E-state index < -0.39 is 0 Å². The minimum absolute atomic E-state index is 0.298. The molecular weight excluding hydrogens is 604 g/mol. The summed E-state index contributed by atoms with van der Waals surface area (Å²) in [4.78, 5) is 29.2. The van der Waals surface area contributed by atoms with Gasteiger partial charge in [-0.15, -0.1) is 0 Å². The van der Waals surface area contributed by atoms with Gasteiger partial charge in [0.2, 0.25) is 0 Å². The summed E-state index contributed by atoms with van der Waals surface area (Å²) < 4.78 is 22.3. The highest BCUT2D eigenvalue weighted by atomic mass is 16.5. The molecule has 250 valence electrons. The maximum absolute atomic E-state index is 15.2. The van der Waals surface area contributed by atoms with Gasteiger partial charge in [-0.3, -0.25) is 0 Å². The van der Waals surface area contributed by atoms with Crippen LogP contribution < -0.4 is 28.7 Å². The van der Waals surface area contributed by atoms with Gasteiger partial charge in [-0.1, -0.05) is 0 Å². The minimum atomic E-state index is -0.298. The fourth-order valence-electron chi connectivity index (χ4n) is 6.49. The molecular formula is C39H44N4O5. The number of nitrogens with zero attached hydrogens (tertiary/aromatic N) is 4. The lowest BCUT2D eigenvalue weighted by atomic mass is 10.1. The number of amidine groups is 2. The van der Waals surface area contributed by atoms with E-state index in [4.69, 9.17) is 28.9 Å². The first-order chi connectivity index (χ1) is 22.8. The van der Waals surface area contributed by atoms with E-state index in [0.29, 0.717) is 34.5 Å². The van der Waals surface area contributed by atoms with E-state index in [2.05, 4.69) is 0 Å². The van der Waals surface area contributed by atoms with Crippen molar-refractivity contribution in [1.29, 1.82) is 0 Å². The molecule has 5 rings (SSSR count). The fraction of sp³-hybridized carbons (Fsp3) is 0.308. The fourth-order valence-corrected chi connectivity index (χ4v) is 6.49. The van der Waals surface area contributed by atoms with Crippen LogP contribution in [0.25, 0.3) is 0 Å². The summed E-state index contributed by atoms with van der Waals surface area (Å²) in [5, 5.41) is 0. The first-order valence-corrected chi connectivity index (χ1v) is 15.8. The lowest BCUT2D eigenvalue weighted by molar-refractivity contribution is 0.257. The molecule has 4 aromatic carbocycles. The number of benzene rings is 4. The van der Waals surface area contributed by atoms with E-state index in [1.54, 1.807) is 38.2 Å². The monoisotopic (exact) mass is 648 g/mol. The molecule has 4 aromatic rings. The Morgan fingerprint density at radius 2 is 0.646 bits per heavy atom. The van der Waals surface area contributed by atoms with Crippen LogP contribution in [0.5, 0.6) is 23.0 Å². The molecule has 1 fully saturated rings. The Labute approximate surface area is 283 Å². The molecule has 9 heteroatoms. The van der Waals surface area contributed by atoms with Gasteiger partial charge in [0.1, 0.15) is 23.0 Å². The molecule has 0 unspecified atom stereocenters. The largest absolute Gasteiger partial charge is 0.497 e. The van der Waals surface area contributed by atoms with Crippen molar-refractivity contribution in [3.05, 3.63) is 93.0 Å². The number of methoxy groups -OCH3 is 4. The van der Waals surface area contributed by atoms with Crippen LogP contribution in [0.15, 0.2) is 58.5 Å². The van der Waals surface area contributed by atoms with Gasteiger partial charge in [-0.25, -0.2) is 24.6 Å². The zero-order chi connectivity index (χ0) is 35.0. The van der Waals surface area contributed by atoms with Gasteiger partial charge in [-0.2, -0.15) is 0 Å². The van der Waals surface area contributed by atoms with E-state index in [-0.39, 0.29) is 6.03 Å². The number of ether oxygens (including phenoxy) is 4. The first-order valence-electron chi connectivity index (χ1n) is 15.8. The standard InChI is InChI=1S/C39H44N4O5/c1-21-13-29(45-9)14-22(2)33(21)40-37-38(41-34-23(3)15-30(46-10)16-24(34)4)43(36-27(7)19-32(48-12)20-28(36)8)39(44)42(37)35-25(5)17-31(47-11)18-26(35)6/h13-20H,1-12H3/b40-37-,41-38+. The molecule has 0 aromatic heterocycles. The van der Waals surface area contributed by atoms with E-state index in [9.17, 15) is 0 Å². The SMILES string of the molecule is COc1cc(C)c(/N=C2/C(=N\c3c(C)cc(OC)cc3C)N(c3c(C)cc(OC)cc3C)C(=O)N2c2c(C)cc(OC)cc2C)c(C)c1. The van der Waals surface area contributed by atoms with Crippen molar-refractivity contribution in [2.75, 3.05) is 38.2 Å². The highest BCUT2D eigenvalue weighted by Gasteiger charge is 2.45. The third-order valence-corrected chi connectivity index (χ3v) is 8.69. The summed E-state index contributed by atoms with van der Waals surface area (Å²) in [5.41, 5.74) is 9.94. The van der Waals surface area contributed by atoms with Gasteiger partial charge in [-0.05, 0) is 148 Å². The van der Waals surface area contributed by atoms with Gasteiger partial charge in [0.25, 0.3) is 0 Å². The Bertz CT molecular complexity index is 1760. The number of urea groups is 1. The summed E-state index contributed by atoms with van der Waals surface area (Å²) in [6.45, 7) is 15.9. The van der Waals surface area contributed by atoms with Gasteiger partial charge in [0, 0.05) is 0 Å². The maximum atomic E-state index is 15.2. The van der Waals surface area contributed by atoms with Crippen molar-refractivity contribution in [3.63, 3.8) is 0 Å². The van der Waals surface area contributed by atoms with Crippen LogP contribution in [0.2, 0.25) is 0 Å². The Kier molecular flexibility index (Phi) is 9.52. The van der Waals surface area contributed by atoms with Crippen LogP contribution in [0, 0.1) is 55.4 Å². The number of hydrogen-bond acceptors (Lipinski definition) is 7. The quantitative estimate of drug-likeness (QED) is 0.190. The van der Waals surface area contributed by atoms with Crippen molar-refractivity contribution in [3.8, 4) is 23.0 Å². The van der Waals surface area contributed by atoms with Crippen LogP contribution in [0.4, 0.5) is 27.5 Å². The van der Waals surface area contributed by atoms with Gasteiger partial charge in [0.05, 0.1) is 51.2 Å². The number of carbonyl (C=O) groups excluding carboxylic acids is 1. The average molecular weight is 649 g/mol. The molecule has 1 aliphatic heterocycles. The summed E-state index contributed by atoms with van der Waals surface area (Å²) in [6.07, 6.45) is 0. The summed E-state index contributed by atoms with van der Waals surface area (Å²) >= 11 is 0. The second kappa shape index (κ2) is 13.4. The lowest BCUT2D eigenvalue weighted by Crippen LogP contribution is -2.35. The molecule has 1 aliphatic rings. The Morgan fingerprint density at radius 1 is 0.417 bits per heavy atom. The third kappa shape index (κ3) is 6.08. The zero-order valence-corrected chi connectivity index (χ0v) is 29.9. The summed E-state index contributed by atoms with van der Waals surface area (Å²) in [7, 11) is 6.57. The summed E-state index contributed by atoms with van der Waals surface area (Å²) in [5.74, 6) is 3.68. The number of hydrogen-bond donors (Lipinski definition) is 0. The van der Waals surface area contributed by atoms with Crippen LogP contribution in [-0.2, 0) is 0 Å². The van der Waals surface area contributed by atoms with E-state index >= 15 is 4.79 Å². The maximum Gasteiger partial charge on any atom is 0.340 e. The number of carbonyl (C=O) groups is 1. The second-order valence-corrected chi connectivity index (χ2v) is 12.3. The third-order valence-electron chi connectivity index (χ3n) is 8.69. The van der Waals surface area contributed by atoms with Crippen molar-refractivity contribution in [2.45, 2.75) is 55.4 Å². The average Bonchev–Trinajstić information content (AvgIpc) is 3.29. The van der Waals surface area contributed by atoms with Crippen LogP contribution in [0.3, 0.4) is 0 Å². The molecule has 0 aliphatic carbocycles. The van der Waals surface area contributed by atoms with Crippen LogP contribution in [-0.4, -0.2) is 46.1 Å². The molecule has 2 amide bonds. The van der Waals surface area contributed by atoms with Gasteiger partial charge in [0.15, 0.2) is 11.7 Å². The second-order valence-electron chi connectivity index (χ2n) is 12.3. The van der Waals surface area contributed by atoms with Crippen molar-refractivity contribution < 1.29 is 23.7 Å². The minimum Gasteiger partial charge on any atom is -0.497 e. The normalized spacial score (nSPS) is 14.7. The van der Waals surface area contributed by atoms with Crippen molar-refractivity contribution in [2.24, 2.45) is 9.98 Å². The number of aryl methyl sites for hydroxylation is 8. The molecule has 0 saturated carbocycles. The molecule has 1 heterocycles. The van der Waals surface area contributed by atoms with E-state index in [1.807, 2.05) is 104 Å². The molecule has 1 saturated heterocycles. The van der Waals surface area contributed by atoms with Crippen molar-refractivity contribution in [1.82, 2.24) is 0 Å². The molecule has 0 radical (unpaired) electrons.